The zero-order chi connectivity index (χ0) is 19.8. The molecule has 3 aromatic rings. The van der Waals surface area contributed by atoms with Crippen LogP contribution in [0.5, 0.6) is 5.75 Å². The molecule has 1 aliphatic heterocycles. The highest BCUT2D eigenvalue weighted by Crippen LogP contribution is 2.39. The Morgan fingerprint density at radius 2 is 2.14 bits per heavy atom. The van der Waals surface area contributed by atoms with Crippen molar-refractivity contribution in [2.75, 3.05) is 11.5 Å². The third kappa shape index (κ3) is 3.50. The number of fused-ring (bicyclic) bond motifs is 1. The number of nitrogens with zero attached hydrogens (tertiary/aromatic N) is 2. The molecule has 8 heteroatoms. The van der Waals surface area contributed by atoms with Gasteiger partial charge >= 0.3 is 0 Å². The maximum Gasteiger partial charge on any atom is 0.247 e. The molecule has 2 heterocycles. The Hall–Kier alpha value is -2.09. The molecule has 2 aromatic carbocycles. The normalized spacial score (nSPS) is 17.0. The van der Waals surface area contributed by atoms with Crippen LogP contribution < -0.4 is 9.64 Å². The Balaban J connectivity index is 1.57. The average molecular weight is 433 g/mol. The number of hydrogen-bond acceptors (Lipinski definition) is 6. The van der Waals surface area contributed by atoms with Crippen molar-refractivity contribution in [3.63, 3.8) is 0 Å². The molecule has 1 aromatic heterocycles. The van der Waals surface area contributed by atoms with Gasteiger partial charge in [-0.15, -0.1) is 11.3 Å². The molecule has 0 radical (unpaired) electrons. The van der Waals surface area contributed by atoms with Gasteiger partial charge in [0.2, 0.25) is 11.8 Å². The summed E-state index contributed by atoms with van der Waals surface area (Å²) in [6.07, 6.45) is 0.148. The Morgan fingerprint density at radius 1 is 1.32 bits per heavy atom. The SMILES string of the molecule is CCOc1ccc2nc(S[C@H]3CC(=O)N(c4cccc(Cl)c4C)C3=O)sc2c1. The predicted octanol–water partition coefficient (Wildman–Crippen LogP) is 5.08. The molecule has 0 unspecified atom stereocenters. The van der Waals surface area contributed by atoms with Gasteiger partial charge in [-0.2, -0.15) is 0 Å². The quantitative estimate of drug-likeness (QED) is 0.526. The molecule has 0 bridgehead atoms. The standard InChI is InChI=1S/C20H17ClN2O3S2/c1-3-26-12-7-8-14-16(9-12)27-20(22-14)28-17-10-18(24)23(19(17)25)15-6-4-5-13(21)11(15)2/h4-9,17H,3,10H2,1-2H3/t17-/m0/s1. The number of carbonyl (C=O) groups excluding carboxylic acids is 2. The van der Waals surface area contributed by atoms with Crippen LogP contribution in [0.1, 0.15) is 18.9 Å². The maximum atomic E-state index is 12.9. The van der Waals surface area contributed by atoms with Gasteiger partial charge in [0.05, 0.1) is 22.5 Å². The van der Waals surface area contributed by atoms with E-state index in [1.165, 1.54) is 28.0 Å². The highest BCUT2D eigenvalue weighted by atomic mass is 35.5. The van der Waals surface area contributed by atoms with Gasteiger partial charge in [-0.05, 0) is 49.7 Å². The van der Waals surface area contributed by atoms with E-state index < -0.39 is 5.25 Å². The number of aromatic nitrogens is 1. The third-order valence-electron chi connectivity index (χ3n) is 4.48. The molecule has 1 aliphatic rings. The fourth-order valence-electron chi connectivity index (χ4n) is 3.10. The fraction of sp³-hybridized carbons (Fsp3) is 0.250. The van der Waals surface area contributed by atoms with Crippen molar-refractivity contribution in [3.8, 4) is 5.75 Å². The minimum atomic E-state index is -0.488. The average Bonchev–Trinajstić information content (AvgIpc) is 3.18. The Bertz CT molecular complexity index is 1080. The summed E-state index contributed by atoms with van der Waals surface area (Å²) < 4.78 is 7.28. The Morgan fingerprint density at radius 3 is 2.93 bits per heavy atom. The van der Waals surface area contributed by atoms with Crippen LogP contribution in [0, 0.1) is 6.92 Å². The second kappa shape index (κ2) is 7.73. The first-order chi connectivity index (χ1) is 13.5. The van der Waals surface area contributed by atoms with Gasteiger partial charge in [0.1, 0.15) is 11.0 Å². The van der Waals surface area contributed by atoms with E-state index in [2.05, 4.69) is 4.98 Å². The molecule has 0 saturated carbocycles. The first kappa shape index (κ1) is 19.2. The number of anilines is 1. The minimum absolute atomic E-state index is 0.148. The highest BCUT2D eigenvalue weighted by Gasteiger charge is 2.41. The van der Waals surface area contributed by atoms with E-state index in [4.69, 9.17) is 16.3 Å². The molecular weight excluding hydrogens is 416 g/mol. The number of halogens is 1. The van der Waals surface area contributed by atoms with Gasteiger partial charge in [-0.1, -0.05) is 29.4 Å². The van der Waals surface area contributed by atoms with Crippen molar-refractivity contribution in [2.45, 2.75) is 29.9 Å². The van der Waals surface area contributed by atoms with Gasteiger partial charge in [-0.25, -0.2) is 9.88 Å². The third-order valence-corrected chi connectivity index (χ3v) is 7.19. The number of thiazole rings is 1. The first-order valence-electron chi connectivity index (χ1n) is 8.80. The predicted molar refractivity (Wildman–Crippen MR) is 114 cm³/mol. The van der Waals surface area contributed by atoms with E-state index in [-0.39, 0.29) is 18.2 Å². The van der Waals surface area contributed by atoms with E-state index in [1.54, 1.807) is 18.2 Å². The first-order valence-corrected chi connectivity index (χ1v) is 10.9. The zero-order valence-electron chi connectivity index (χ0n) is 15.3. The summed E-state index contributed by atoms with van der Waals surface area (Å²) >= 11 is 9.00. The zero-order valence-corrected chi connectivity index (χ0v) is 17.7. The van der Waals surface area contributed by atoms with Crippen molar-refractivity contribution < 1.29 is 14.3 Å². The van der Waals surface area contributed by atoms with E-state index in [0.29, 0.717) is 17.3 Å². The molecule has 1 fully saturated rings. The van der Waals surface area contributed by atoms with Crippen LogP contribution in [0.2, 0.25) is 5.02 Å². The van der Waals surface area contributed by atoms with Crippen LogP contribution in [0.25, 0.3) is 10.2 Å². The van der Waals surface area contributed by atoms with E-state index in [1.807, 2.05) is 32.0 Å². The maximum absolute atomic E-state index is 12.9. The molecule has 0 spiro atoms. The van der Waals surface area contributed by atoms with Crippen molar-refractivity contribution in [3.05, 3.63) is 47.0 Å². The second-order valence-corrected chi connectivity index (χ2v) is 9.19. The summed E-state index contributed by atoms with van der Waals surface area (Å²) in [5, 5.41) is 0.0447. The summed E-state index contributed by atoms with van der Waals surface area (Å²) in [6, 6.07) is 11.0. The number of ether oxygens (including phenoxy) is 1. The number of benzene rings is 2. The number of imide groups is 1. The molecule has 5 nitrogen and oxygen atoms in total. The second-order valence-electron chi connectivity index (χ2n) is 6.30. The summed E-state index contributed by atoms with van der Waals surface area (Å²) in [6.45, 7) is 4.35. The van der Waals surface area contributed by atoms with Crippen LogP contribution in [0.3, 0.4) is 0 Å². The largest absolute Gasteiger partial charge is 0.494 e. The fourth-order valence-corrected chi connectivity index (χ4v) is 5.63. The molecule has 144 valence electrons. The lowest BCUT2D eigenvalue weighted by molar-refractivity contribution is -0.121. The Labute approximate surface area is 175 Å². The molecule has 0 aliphatic carbocycles. The smallest absolute Gasteiger partial charge is 0.247 e. The van der Waals surface area contributed by atoms with Gasteiger partial charge in [0.25, 0.3) is 0 Å². The van der Waals surface area contributed by atoms with Crippen LogP contribution in [0.15, 0.2) is 40.7 Å². The summed E-state index contributed by atoms with van der Waals surface area (Å²) in [4.78, 5) is 31.3. The van der Waals surface area contributed by atoms with Crippen molar-refractivity contribution in [1.82, 2.24) is 4.98 Å². The van der Waals surface area contributed by atoms with Crippen LogP contribution in [-0.4, -0.2) is 28.7 Å². The van der Waals surface area contributed by atoms with Gasteiger partial charge in [-0.3, -0.25) is 9.59 Å². The number of rotatable bonds is 5. The molecule has 28 heavy (non-hydrogen) atoms. The monoisotopic (exact) mass is 432 g/mol. The number of amides is 2. The van der Waals surface area contributed by atoms with Gasteiger partial charge in [0, 0.05) is 11.4 Å². The van der Waals surface area contributed by atoms with Crippen LogP contribution in [0.4, 0.5) is 5.69 Å². The summed E-state index contributed by atoms with van der Waals surface area (Å²) in [5.74, 6) is 0.354. The van der Waals surface area contributed by atoms with Crippen molar-refractivity contribution in [2.24, 2.45) is 0 Å². The Kier molecular flexibility index (Phi) is 5.31. The molecule has 0 N–H and O–H groups in total. The highest BCUT2D eigenvalue weighted by molar-refractivity contribution is 8.02. The lowest BCUT2D eigenvalue weighted by Gasteiger charge is -2.17. The minimum Gasteiger partial charge on any atom is -0.494 e. The molecule has 4 rings (SSSR count). The van der Waals surface area contributed by atoms with E-state index >= 15 is 0 Å². The molecule has 1 saturated heterocycles. The van der Waals surface area contributed by atoms with E-state index in [9.17, 15) is 9.59 Å². The van der Waals surface area contributed by atoms with E-state index in [0.717, 1.165) is 25.9 Å². The lowest BCUT2D eigenvalue weighted by atomic mass is 10.2. The van der Waals surface area contributed by atoms with Crippen molar-refractivity contribution in [1.29, 1.82) is 0 Å². The van der Waals surface area contributed by atoms with Gasteiger partial charge < -0.3 is 4.74 Å². The van der Waals surface area contributed by atoms with Crippen LogP contribution in [-0.2, 0) is 9.59 Å². The summed E-state index contributed by atoms with van der Waals surface area (Å²) in [7, 11) is 0. The molecule has 2 amide bonds. The lowest BCUT2D eigenvalue weighted by Crippen LogP contribution is -2.31. The topological polar surface area (TPSA) is 59.5 Å². The number of hydrogen-bond donors (Lipinski definition) is 0. The number of carbonyl (C=O) groups is 2. The van der Waals surface area contributed by atoms with Gasteiger partial charge in [0.15, 0.2) is 4.34 Å². The molecular formula is C20H17ClN2O3S2. The van der Waals surface area contributed by atoms with Crippen LogP contribution >= 0.6 is 34.7 Å². The van der Waals surface area contributed by atoms with Crippen molar-refractivity contribution >= 4 is 62.4 Å². The molecule has 1 atom stereocenters. The summed E-state index contributed by atoms with van der Waals surface area (Å²) in [5.41, 5.74) is 2.13. The number of thioether (sulfide) groups is 1.